The van der Waals surface area contributed by atoms with Crippen molar-refractivity contribution in [1.82, 2.24) is 5.32 Å². The lowest BCUT2D eigenvalue weighted by Crippen LogP contribution is -2.42. The molecule has 1 rings (SSSR count). The van der Waals surface area contributed by atoms with Crippen molar-refractivity contribution < 1.29 is 14.3 Å². The predicted molar refractivity (Wildman–Crippen MR) is 154 cm³/mol. The minimum Gasteiger partial charge on any atom is -0.494 e. The van der Waals surface area contributed by atoms with E-state index in [2.05, 4.69) is 26.1 Å². The van der Waals surface area contributed by atoms with Gasteiger partial charge in [-0.2, -0.15) is 0 Å². The number of rotatable bonds is 24. The van der Waals surface area contributed by atoms with Gasteiger partial charge in [-0.25, -0.2) is 0 Å². The molecule has 1 N–H and O–H groups in total. The molecule has 0 aromatic heterocycles. The van der Waals surface area contributed by atoms with Crippen LogP contribution < -0.4 is 10.1 Å². The number of hydrogen-bond acceptors (Lipinski definition) is 3. The van der Waals surface area contributed by atoms with Gasteiger partial charge in [-0.15, -0.1) is 0 Å². The first-order valence-corrected chi connectivity index (χ1v) is 15.3. The van der Waals surface area contributed by atoms with Crippen molar-refractivity contribution in [2.45, 2.75) is 149 Å². The molecule has 0 bridgehead atoms. The Bertz CT molecular complexity index is 631. The molecule has 2 atom stereocenters. The summed E-state index contributed by atoms with van der Waals surface area (Å²) in [6.07, 6.45) is 21.7. The van der Waals surface area contributed by atoms with E-state index in [0.29, 0.717) is 5.56 Å². The van der Waals surface area contributed by atoms with Gasteiger partial charge in [-0.05, 0) is 50.5 Å². The second-order valence-corrected chi connectivity index (χ2v) is 10.4. The summed E-state index contributed by atoms with van der Waals surface area (Å²) in [5.41, 5.74) is 0.666. The summed E-state index contributed by atoms with van der Waals surface area (Å²) in [6.45, 7) is 10.2. The lowest BCUT2D eigenvalue weighted by molar-refractivity contribution is 0.0252. The molecule has 0 aliphatic heterocycles. The Balaban J connectivity index is 2.21. The van der Waals surface area contributed by atoms with Crippen LogP contribution in [0.3, 0.4) is 0 Å². The Kier molecular flexibility index (Phi) is 20.4. The van der Waals surface area contributed by atoms with Gasteiger partial charge in [0.1, 0.15) is 5.75 Å². The van der Waals surface area contributed by atoms with Gasteiger partial charge in [0.2, 0.25) is 0 Å². The first-order chi connectivity index (χ1) is 17.6. The second kappa shape index (κ2) is 22.6. The fourth-order valence-electron chi connectivity index (χ4n) is 4.60. The minimum absolute atomic E-state index is 0.0190. The number of unbranched alkanes of at least 4 members (excludes halogenated alkanes) is 14. The Hall–Kier alpha value is -1.55. The minimum atomic E-state index is -0.0498. The van der Waals surface area contributed by atoms with Crippen LogP contribution in [-0.2, 0) is 4.74 Å². The van der Waals surface area contributed by atoms with Crippen LogP contribution in [0.1, 0.15) is 147 Å². The molecule has 1 amide bonds. The molecule has 0 aliphatic rings. The summed E-state index contributed by atoms with van der Waals surface area (Å²) in [6, 6.07) is 7.50. The number of benzene rings is 1. The quantitative estimate of drug-likeness (QED) is 0.143. The van der Waals surface area contributed by atoms with Gasteiger partial charge in [0.25, 0.3) is 5.91 Å². The van der Waals surface area contributed by atoms with Gasteiger partial charge >= 0.3 is 0 Å². The van der Waals surface area contributed by atoms with Gasteiger partial charge in [0, 0.05) is 12.2 Å². The van der Waals surface area contributed by atoms with Crippen molar-refractivity contribution in [3.05, 3.63) is 29.8 Å². The van der Waals surface area contributed by atoms with Gasteiger partial charge < -0.3 is 14.8 Å². The maximum absolute atomic E-state index is 12.7. The molecule has 208 valence electrons. The van der Waals surface area contributed by atoms with Gasteiger partial charge in [-0.1, -0.05) is 111 Å². The normalized spacial score (nSPS) is 12.9. The lowest BCUT2D eigenvalue weighted by Gasteiger charge is -2.24. The van der Waals surface area contributed by atoms with E-state index >= 15 is 0 Å². The van der Waals surface area contributed by atoms with Crippen molar-refractivity contribution in [3.8, 4) is 5.75 Å². The number of carbonyl (C=O) groups is 1. The van der Waals surface area contributed by atoms with Crippen LogP contribution in [0.25, 0.3) is 0 Å². The molecule has 0 saturated heterocycles. The largest absolute Gasteiger partial charge is 0.494 e. The predicted octanol–water partition coefficient (Wildman–Crippen LogP) is 9.26. The number of hydrogen-bond donors (Lipinski definition) is 1. The Morgan fingerprint density at radius 1 is 0.694 bits per heavy atom. The molecule has 0 aliphatic carbocycles. The number of amides is 1. The molecular formula is C32H57NO3. The first-order valence-electron chi connectivity index (χ1n) is 15.3. The topological polar surface area (TPSA) is 47.6 Å². The van der Waals surface area contributed by atoms with E-state index in [1.54, 1.807) is 0 Å². The highest BCUT2D eigenvalue weighted by Gasteiger charge is 2.19. The SMILES string of the molecule is CCCCCCCCCCOc1ccc(C(=O)NC(C)C(CC)OCCCCCCCCCC)cc1. The zero-order chi connectivity index (χ0) is 26.3. The third-order valence-electron chi connectivity index (χ3n) is 7.03. The van der Waals surface area contributed by atoms with E-state index in [1.807, 2.05) is 31.2 Å². The molecule has 0 fully saturated rings. The van der Waals surface area contributed by atoms with Crippen LogP contribution in [0.2, 0.25) is 0 Å². The first kappa shape index (κ1) is 32.5. The smallest absolute Gasteiger partial charge is 0.251 e. The molecular weight excluding hydrogens is 446 g/mol. The van der Waals surface area contributed by atoms with E-state index < -0.39 is 0 Å². The molecule has 0 saturated carbocycles. The van der Waals surface area contributed by atoms with Crippen molar-refractivity contribution in [1.29, 1.82) is 0 Å². The molecule has 4 heteroatoms. The zero-order valence-electron chi connectivity index (χ0n) is 24.1. The van der Waals surface area contributed by atoms with Gasteiger partial charge in [-0.3, -0.25) is 4.79 Å². The number of ether oxygens (including phenoxy) is 2. The number of carbonyl (C=O) groups excluding carboxylic acids is 1. The fraction of sp³-hybridized carbons (Fsp3) is 0.781. The lowest BCUT2D eigenvalue weighted by atomic mass is 10.1. The van der Waals surface area contributed by atoms with E-state index in [1.165, 1.54) is 89.9 Å². The van der Waals surface area contributed by atoms with E-state index in [4.69, 9.17) is 9.47 Å². The number of nitrogens with one attached hydrogen (secondary N) is 1. The monoisotopic (exact) mass is 503 g/mol. The molecule has 0 radical (unpaired) electrons. The zero-order valence-corrected chi connectivity index (χ0v) is 24.1. The van der Waals surface area contributed by atoms with E-state index in [0.717, 1.165) is 38.2 Å². The van der Waals surface area contributed by atoms with Crippen LogP contribution in [0, 0.1) is 0 Å². The molecule has 0 heterocycles. The van der Waals surface area contributed by atoms with Crippen LogP contribution in [-0.4, -0.2) is 31.3 Å². The second-order valence-electron chi connectivity index (χ2n) is 10.4. The van der Waals surface area contributed by atoms with Crippen LogP contribution in [0.15, 0.2) is 24.3 Å². The third-order valence-corrected chi connectivity index (χ3v) is 7.03. The highest BCUT2D eigenvalue weighted by molar-refractivity contribution is 5.94. The Labute approximate surface area is 223 Å². The van der Waals surface area contributed by atoms with Gasteiger partial charge in [0.05, 0.1) is 18.8 Å². The summed E-state index contributed by atoms with van der Waals surface area (Å²) >= 11 is 0. The summed E-state index contributed by atoms with van der Waals surface area (Å²) in [4.78, 5) is 12.7. The standard InChI is InChI=1S/C32H57NO3/c1-5-8-10-12-14-16-18-20-26-35-30-24-22-29(23-25-30)32(34)33-28(4)31(7-3)36-27-21-19-17-15-13-11-9-6-2/h22-25,28,31H,5-21,26-27H2,1-4H3,(H,33,34). The van der Waals surface area contributed by atoms with Crippen molar-refractivity contribution in [2.24, 2.45) is 0 Å². The highest BCUT2D eigenvalue weighted by atomic mass is 16.5. The van der Waals surface area contributed by atoms with Crippen LogP contribution in [0.5, 0.6) is 5.75 Å². The van der Waals surface area contributed by atoms with Crippen LogP contribution in [0.4, 0.5) is 0 Å². The highest BCUT2D eigenvalue weighted by Crippen LogP contribution is 2.15. The molecule has 1 aromatic carbocycles. The van der Waals surface area contributed by atoms with E-state index in [9.17, 15) is 4.79 Å². The molecule has 2 unspecified atom stereocenters. The molecule has 0 spiro atoms. The van der Waals surface area contributed by atoms with Crippen molar-refractivity contribution >= 4 is 5.91 Å². The Morgan fingerprint density at radius 3 is 1.67 bits per heavy atom. The maximum Gasteiger partial charge on any atom is 0.251 e. The summed E-state index contributed by atoms with van der Waals surface area (Å²) in [7, 11) is 0. The average molecular weight is 504 g/mol. The van der Waals surface area contributed by atoms with Crippen molar-refractivity contribution in [3.63, 3.8) is 0 Å². The molecule has 4 nitrogen and oxygen atoms in total. The maximum atomic E-state index is 12.7. The van der Waals surface area contributed by atoms with E-state index in [-0.39, 0.29) is 18.1 Å². The fourth-order valence-corrected chi connectivity index (χ4v) is 4.60. The average Bonchev–Trinajstić information content (AvgIpc) is 2.89. The summed E-state index contributed by atoms with van der Waals surface area (Å²) in [5.74, 6) is 0.786. The third kappa shape index (κ3) is 16.2. The molecule has 36 heavy (non-hydrogen) atoms. The molecule has 1 aromatic rings. The van der Waals surface area contributed by atoms with Crippen LogP contribution >= 0.6 is 0 Å². The van der Waals surface area contributed by atoms with Gasteiger partial charge in [0.15, 0.2) is 0 Å². The summed E-state index contributed by atoms with van der Waals surface area (Å²) < 4.78 is 12.0. The summed E-state index contributed by atoms with van der Waals surface area (Å²) in [5, 5.41) is 3.13. The Morgan fingerprint density at radius 2 is 1.17 bits per heavy atom. The van der Waals surface area contributed by atoms with Crippen molar-refractivity contribution in [2.75, 3.05) is 13.2 Å².